The van der Waals surface area contributed by atoms with E-state index in [1.54, 1.807) is 0 Å². The van der Waals surface area contributed by atoms with Gasteiger partial charge < -0.3 is 5.32 Å². The molecule has 1 N–H and O–H groups in total. The fourth-order valence-corrected chi connectivity index (χ4v) is 1.26. The monoisotopic (exact) mass is 147 g/mol. The summed E-state index contributed by atoms with van der Waals surface area (Å²) in [6.07, 6.45) is 3.76. The van der Waals surface area contributed by atoms with Crippen LogP contribution in [0.25, 0.3) is 0 Å². The fourth-order valence-electron chi connectivity index (χ4n) is 0.899. The van der Waals surface area contributed by atoms with Crippen LogP contribution in [0, 0.1) is 0 Å². The number of alkyl halides is 1. The Morgan fingerprint density at radius 1 is 1.56 bits per heavy atom. The summed E-state index contributed by atoms with van der Waals surface area (Å²) in [5.41, 5.74) is 0.359. The number of rotatable bonds is 4. The zero-order valence-corrected chi connectivity index (χ0v) is 6.67. The lowest BCUT2D eigenvalue weighted by Gasteiger charge is -2.11. The van der Waals surface area contributed by atoms with Crippen molar-refractivity contribution in [2.75, 3.05) is 12.4 Å². The quantitative estimate of drug-likeness (QED) is 0.598. The first kappa shape index (κ1) is 7.36. The molecule has 0 spiro atoms. The van der Waals surface area contributed by atoms with Crippen LogP contribution in [0.2, 0.25) is 0 Å². The second-order valence-electron chi connectivity index (χ2n) is 2.84. The highest BCUT2D eigenvalue weighted by Gasteiger charge is 2.40. The van der Waals surface area contributed by atoms with Gasteiger partial charge in [-0.05, 0) is 25.8 Å². The molecule has 0 amide bonds. The van der Waals surface area contributed by atoms with Gasteiger partial charge in [0.15, 0.2) is 0 Å². The Hall–Kier alpha value is 0.250. The minimum Gasteiger partial charge on any atom is -0.310 e. The first-order valence-corrected chi connectivity index (χ1v) is 4.17. The SMILES string of the molecule is CCCNC1(CCl)CC1. The van der Waals surface area contributed by atoms with Crippen LogP contribution < -0.4 is 5.32 Å². The molecule has 0 aromatic heterocycles. The second-order valence-corrected chi connectivity index (χ2v) is 3.11. The Kier molecular flexibility index (Phi) is 2.36. The molecule has 0 bridgehead atoms. The van der Waals surface area contributed by atoms with E-state index < -0.39 is 0 Å². The highest BCUT2D eigenvalue weighted by atomic mass is 35.5. The summed E-state index contributed by atoms with van der Waals surface area (Å²) in [5.74, 6) is 0.785. The average Bonchev–Trinajstić information content (AvgIpc) is 2.65. The molecule has 1 saturated carbocycles. The third kappa shape index (κ3) is 1.84. The number of nitrogens with one attached hydrogen (secondary N) is 1. The Balaban J connectivity index is 2.10. The third-order valence-corrected chi connectivity index (χ3v) is 2.37. The summed E-state index contributed by atoms with van der Waals surface area (Å²) < 4.78 is 0. The molecule has 54 valence electrons. The molecule has 2 heteroatoms. The Morgan fingerprint density at radius 3 is 2.56 bits per heavy atom. The van der Waals surface area contributed by atoms with Gasteiger partial charge in [0.1, 0.15) is 0 Å². The molecule has 0 atom stereocenters. The largest absolute Gasteiger partial charge is 0.310 e. The van der Waals surface area contributed by atoms with Crippen LogP contribution in [0.15, 0.2) is 0 Å². The topological polar surface area (TPSA) is 12.0 Å². The number of hydrogen-bond acceptors (Lipinski definition) is 1. The van der Waals surface area contributed by atoms with E-state index in [-0.39, 0.29) is 0 Å². The van der Waals surface area contributed by atoms with Gasteiger partial charge in [0, 0.05) is 11.4 Å². The maximum Gasteiger partial charge on any atom is 0.0406 e. The van der Waals surface area contributed by atoms with E-state index in [2.05, 4.69) is 12.2 Å². The van der Waals surface area contributed by atoms with Gasteiger partial charge in [-0.1, -0.05) is 6.92 Å². The van der Waals surface area contributed by atoms with Crippen LogP contribution in [0.1, 0.15) is 26.2 Å². The second kappa shape index (κ2) is 2.89. The Bertz CT molecular complexity index is 88.9. The normalized spacial score (nSPS) is 22.0. The number of halogens is 1. The molecule has 0 heterocycles. The van der Waals surface area contributed by atoms with Crippen molar-refractivity contribution in [1.29, 1.82) is 0 Å². The standard InChI is InChI=1S/C7H14ClN/c1-2-5-9-7(6-8)3-4-7/h9H,2-6H2,1H3. The van der Waals surface area contributed by atoms with Gasteiger partial charge in [0.05, 0.1) is 0 Å². The summed E-state index contributed by atoms with van der Waals surface area (Å²) >= 11 is 5.73. The molecule has 0 aromatic rings. The van der Waals surface area contributed by atoms with Gasteiger partial charge in [0.2, 0.25) is 0 Å². The molecule has 0 aromatic carbocycles. The Morgan fingerprint density at radius 2 is 2.22 bits per heavy atom. The lowest BCUT2D eigenvalue weighted by Crippen LogP contribution is -2.33. The summed E-state index contributed by atoms with van der Waals surface area (Å²) in [7, 11) is 0. The maximum atomic E-state index is 5.73. The van der Waals surface area contributed by atoms with Crippen molar-refractivity contribution in [2.24, 2.45) is 0 Å². The highest BCUT2D eigenvalue weighted by molar-refractivity contribution is 6.18. The van der Waals surface area contributed by atoms with Crippen molar-refractivity contribution in [3.8, 4) is 0 Å². The van der Waals surface area contributed by atoms with Crippen LogP contribution in [-0.2, 0) is 0 Å². The first-order valence-electron chi connectivity index (χ1n) is 3.64. The molecule has 1 rings (SSSR count). The zero-order chi connectivity index (χ0) is 6.74. The third-order valence-electron chi connectivity index (χ3n) is 1.86. The molecule has 1 fully saturated rings. The molecule has 0 unspecified atom stereocenters. The minimum absolute atomic E-state index is 0.359. The molecule has 1 aliphatic carbocycles. The lowest BCUT2D eigenvalue weighted by molar-refractivity contribution is 0.541. The van der Waals surface area contributed by atoms with E-state index in [1.807, 2.05) is 0 Å². The van der Waals surface area contributed by atoms with Crippen molar-refractivity contribution in [3.05, 3.63) is 0 Å². The van der Waals surface area contributed by atoms with E-state index in [0.717, 1.165) is 12.4 Å². The molecule has 0 aliphatic heterocycles. The van der Waals surface area contributed by atoms with Crippen molar-refractivity contribution in [1.82, 2.24) is 5.32 Å². The van der Waals surface area contributed by atoms with Gasteiger partial charge in [0.25, 0.3) is 0 Å². The summed E-state index contributed by atoms with van der Waals surface area (Å²) in [4.78, 5) is 0. The molecule has 1 nitrogen and oxygen atoms in total. The van der Waals surface area contributed by atoms with Gasteiger partial charge >= 0.3 is 0 Å². The van der Waals surface area contributed by atoms with Crippen molar-refractivity contribution >= 4 is 11.6 Å². The fraction of sp³-hybridized carbons (Fsp3) is 1.00. The van der Waals surface area contributed by atoms with Gasteiger partial charge in [-0.3, -0.25) is 0 Å². The molecule has 9 heavy (non-hydrogen) atoms. The molecule has 1 aliphatic rings. The molecular weight excluding hydrogens is 134 g/mol. The van der Waals surface area contributed by atoms with Gasteiger partial charge in [-0.25, -0.2) is 0 Å². The molecule has 0 radical (unpaired) electrons. The predicted octanol–water partition coefficient (Wildman–Crippen LogP) is 1.76. The van der Waals surface area contributed by atoms with E-state index in [4.69, 9.17) is 11.6 Å². The lowest BCUT2D eigenvalue weighted by atomic mass is 10.3. The van der Waals surface area contributed by atoms with E-state index in [9.17, 15) is 0 Å². The maximum absolute atomic E-state index is 5.73. The summed E-state index contributed by atoms with van der Waals surface area (Å²) in [5, 5.41) is 3.44. The first-order chi connectivity index (χ1) is 4.33. The van der Waals surface area contributed by atoms with Crippen LogP contribution in [0.3, 0.4) is 0 Å². The van der Waals surface area contributed by atoms with Gasteiger partial charge in [-0.2, -0.15) is 0 Å². The van der Waals surface area contributed by atoms with Gasteiger partial charge in [-0.15, -0.1) is 11.6 Å². The van der Waals surface area contributed by atoms with Crippen LogP contribution in [-0.4, -0.2) is 18.0 Å². The molecular formula is C7H14ClN. The van der Waals surface area contributed by atoms with Crippen LogP contribution in [0.5, 0.6) is 0 Å². The highest BCUT2D eigenvalue weighted by Crippen LogP contribution is 2.36. The minimum atomic E-state index is 0.359. The summed E-state index contributed by atoms with van der Waals surface area (Å²) in [6.45, 7) is 3.30. The van der Waals surface area contributed by atoms with Crippen LogP contribution in [0.4, 0.5) is 0 Å². The van der Waals surface area contributed by atoms with Crippen molar-refractivity contribution < 1.29 is 0 Å². The zero-order valence-electron chi connectivity index (χ0n) is 5.91. The number of hydrogen-bond donors (Lipinski definition) is 1. The van der Waals surface area contributed by atoms with Crippen molar-refractivity contribution in [2.45, 2.75) is 31.7 Å². The van der Waals surface area contributed by atoms with Crippen molar-refractivity contribution in [3.63, 3.8) is 0 Å². The van der Waals surface area contributed by atoms with E-state index in [1.165, 1.54) is 19.3 Å². The van der Waals surface area contributed by atoms with Crippen LogP contribution >= 0.6 is 11.6 Å². The predicted molar refractivity (Wildman–Crippen MR) is 41.0 cm³/mol. The summed E-state index contributed by atoms with van der Waals surface area (Å²) in [6, 6.07) is 0. The molecule has 0 saturated heterocycles. The Labute approximate surface area is 61.8 Å². The average molecular weight is 148 g/mol. The van der Waals surface area contributed by atoms with E-state index in [0.29, 0.717) is 5.54 Å². The smallest absolute Gasteiger partial charge is 0.0406 e. The van der Waals surface area contributed by atoms with E-state index >= 15 is 0 Å².